The molecule has 1 atom stereocenters. The van der Waals surface area contributed by atoms with Crippen LogP contribution in [0.4, 0.5) is 0 Å². The molecule has 102 valence electrons. The Labute approximate surface area is 120 Å². The zero-order chi connectivity index (χ0) is 13.8. The number of nitrogens with zero attached hydrogens (tertiary/aromatic N) is 1. The fourth-order valence-electron chi connectivity index (χ4n) is 1.74. The first-order valence-corrected chi connectivity index (χ1v) is 7.39. The van der Waals surface area contributed by atoms with E-state index in [1.54, 1.807) is 0 Å². The maximum Gasteiger partial charge on any atom is 0.0413 e. The number of pyridine rings is 1. The van der Waals surface area contributed by atoms with Gasteiger partial charge in [0.1, 0.15) is 0 Å². The molecule has 0 aliphatic heterocycles. The molecular formula is C15H25BrN2. The zero-order valence-electron chi connectivity index (χ0n) is 12.2. The number of halogens is 1. The minimum absolute atomic E-state index is 0.170. The summed E-state index contributed by atoms with van der Waals surface area (Å²) in [4.78, 5) is 4.48. The van der Waals surface area contributed by atoms with Gasteiger partial charge < -0.3 is 5.32 Å². The summed E-state index contributed by atoms with van der Waals surface area (Å²) in [6.45, 7) is 12.2. The van der Waals surface area contributed by atoms with Gasteiger partial charge in [-0.3, -0.25) is 4.98 Å². The molecule has 0 aliphatic rings. The molecule has 0 aliphatic carbocycles. The Kier molecular flexibility index (Phi) is 5.35. The SMILES string of the molecule is CCC(C)(CNC(C)(C)C)Cc1ccc(Br)cn1. The van der Waals surface area contributed by atoms with Crippen LogP contribution in [-0.4, -0.2) is 17.1 Å². The summed E-state index contributed by atoms with van der Waals surface area (Å²) in [5, 5.41) is 3.61. The average molecular weight is 313 g/mol. The molecule has 2 nitrogen and oxygen atoms in total. The van der Waals surface area contributed by atoms with Crippen LogP contribution in [-0.2, 0) is 6.42 Å². The molecule has 3 heteroatoms. The van der Waals surface area contributed by atoms with E-state index in [-0.39, 0.29) is 11.0 Å². The second kappa shape index (κ2) is 6.16. The predicted octanol–water partition coefficient (Wildman–Crippen LogP) is 4.19. The van der Waals surface area contributed by atoms with Crippen molar-refractivity contribution in [2.45, 2.75) is 53.0 Å². The molecular weight excluding hydrogens is 288 g/mol. The van der Waals surface area contributed by atoms with Crippen molar-refractivity contribution in [1.82, 2.24) is 10.3 Å². The van der Waals surface area contributed by atoms with Gasteiger partial charge in [0, 0.05) is 28.4 Å². The molecule has 18 heavy (non-hydrogen) atoms. The van der Waals surface area contributed by atoms with E-state index in [0.717, 1.165) is 23.9 Å². The summed E-state index contributed by atoms with van der Waals surface area (Å²) >= 11 is 3.42. The summed E-state index contributed by atoms with van der Waals surface area (Å²) in [7, 11) is 0. The van der Waals surface area contributed by atoms with Gasteiger partial charge in [0.05, 0.1) is 0 Å². The Hall–Kier alpha value is -0.410. The van der Waals surface area contributed by atoms with Crippen LogP contribution in [0.15, 0.2) is 22.8 Å². The Morgan fingerprint density at radius 1 is 1.22 bits per heavy atom. The Morgan fingerprint density at radius 3 is 2.33 bits per heavy atom. The van der Waals surface area contributed by atoms with Gasteiger partial charge in [-0.25, -0.2) is 0 Å². The van der Waals surface area contributed by atoms with Gasteiger partial charge in [0.2, 0.25) is 0 Å². The lowest BCUT2D eigenvalue weighted by molar-refractivity contribution is 0.253. The van der Waals surface area contributed by atoms with Gasteiger partial charge in [0.15, 0.2) is 0 Å². The normalized spacial score (nSPS) is 15.4. The number of nitrogens with one attached hydrogen (secondary N) is 1. The van der Waals surface area contributed by atoms with Crippen LogP contribution in [0.3, 0.4) is 0 Å². The molecule has 1 rings (SSSR count). The summed E-state index contributed by atoms with van der Waals surface area (Å²) in [6.07, 6.45) is 4.04. The van der Waals surface area contributed by atoms with E-state index >= 15 is 0 Å². The fourth-order valence-corrected chi connectivity index (χ4v) is 1.97. The van der Waals surface area contributed by atoms with E-state index in [0.29, 0.717) is 0 Å². The van der Waals surface area contributed by atoms with Crippen molar-refractivity contribution in [3.05, 3.63) is 28.5 Å². The van der Waals surface area contributed by atoms with Gasteiger partial charge >= 0.3 is 0 Å². The Balaban J connectivity index is 2.67. The highest BCUT2D eigenvalue weighted by molar-refractivity contribution is 9.10. The van der Waals surface area contributed by atoms with Gasteiger partial charge in [0.25, 0.3) is 0 Å². The number of hydrogen-bond donors (Lipinski definition) is 1. The van der Waals surface area contributed by atoms with Crippen molar-refractivity contribution in [3.63, 3.8) is 0 Å². The minimum atomic E-state index is 0.170. The quantitative estimate of drug-likeness (QED) is 0.881. The van der Waals surface area contributed by atoms with E-state index in [1.807, 2.05) is 6.20 Å². The monoisotopic (exact) mass is 312 g/mol. The first kappa shape index (κ1) is 15.6. The molecule has 1 aromatic rings. The highest BCUT2D eigenvalue weighted by Crippen LogP contribution is 2.26. The van der Waals surface area contributed by atoms with Crippen LogP contribution in [0.5, 0.6) is 0 Å². The van der Waals surface area contributed by atoms with E-state index in [9.17, 15) is 0 Å². The van der Waals surface area contributed by atoms with E-state index in [2.05, 4.69) is 73.0 Å². The molecule has 1 unspecified atom stereocenters. The summed E-state index contributed by atoms with van der Waals surface area (Å²) in [5.41, 5.74) is 1.59. The summed E-state index contributed by atoms with van der Waals surface area (Å²) in [6, 6.07) is 4.17. The number of aromatic nitrogens is 1. The summed E-state index contributed by atoms with van der Waals surface area (Å²) < 4.78 is 1.04. The zero-order valence-corrected chi connectivity index (χ0v) is 13.8. The van der Waals surface area contributed by atoms with Crippen molar-refractivity contribution >= 4 is 15.9 Å². The third-order valence-corrected chi connectivity index (χ3v) is 3.76. The van der Waals surface area contributed by atoms with E-state index < -0.39 is 0 Å². The van der Waals surface area contributed by atoms with Crippen molar-refractivity contribution in [2.24, 2.45) is 5.41 Å². The molecule has 1 N–H and O–H groups in total. The van der Waals surface area contributed by atoms with Crippen LogP contribution >= 0.6 is 15.9 Å². The second-order valence-corrected chi connectivity index (χ2v) is 7.33. The first-order chi connectivity index (χ1) is 8.24. The van der Waals surface area contributed by atoms with Crippen LogP contribution < -0.4 is 5.32 Å². The number of rotatable bonds is 5. The van der Waals surface area contributed by atoms with Crippen LogP contribution in [0.25, 0.3) is 0 Å². The second-order valence-electron chi connectivity index (χ2n) is 6.41. The highest BCUT2D eigenvalue weighted by Gasteiger charge is 2.25. The van der Waals surface area contributed by atoms with Gasteiger partial charge in [-0.15, -0.1) is 0 Å². The van der Waals surface area contributed by atoms with E-state index in [1.165, 1.54) is 5.69 Å². The lowest BCUT2D eigenvalue weighted by atomic mass is 9.82. The Bertz CT molecular complexity index is 367. The van der Waals surface area contributed by atoms with Crippen molar-refractivity contribution in [3.8, 4) is 0 Å². The molecule has 1 heterocycles. The smallest absolute Gasteiger partial charge is 0.0413 e. The summed E-state index contributed by atoms with van der Waals surface area (Å²) in [5.74, 6) is 0. The molecule has 0 aromatic carbocycles. The minimum Gasteiger partial charge on any atom is -0.312 e. The largest absolute Gasteiger partial charge is 0.312 e. The standard InChI is InChI=1S/C15H25BrN2/c1-6-15(5,11-18-14(2,3)4)9-13-8-7-12(16)10-17-13/h7-8,10,18H,6,9,11H2,1-5H3. The van der Waals surface area contributed by atoms with Crippen molar-refractivity contribution < 1.29 is 0 Å². The predicted molar refractivity (Wildman–Crippen MR) is 81.8 cm³/mol. The van der Waals surface area contributed by atoms with Crippen LogP contribution in [0.1, 0.15) is 46.7 Å². The average Bonchev–Trinajstić information content (AvgIpc) is 2.29. The first-order valence-electron chi connectivity index (χ1n) is 6.60. The van der Waals surface area contributed by atoms with E-state index in [4.69, 9.17) is 0 Å². The molecule has 1 aromatic heterocycles. The molecule has 0 saturated heterocycles. The lowest BCUT2D eigenvalue weighted by Gasteiger charge is -2.32. The van der Waals surface area contributed by atoms with Crippen LogP contribution in [0, 0.1) is 5.41 Å². The molecule has 0 spiro atoms. The topological polar surface area (TPSA) is 24.9 Å². The number of hydrogen-bond acceptors (Lipinski definition) is 2. The third kappa shape index (κ3) is 5.49. The van der Waals surface area contributed by atoms with Gasteiger partial charge in [-0.2, -0.15) is 0 Å². The maximum atomic E-state index is 4.48. The maximum absolute atomic E-state index is 4.48. The molecule has 0 radical (unpaired) electrons. The fraction of sp³-hybridized carbons (Fsp3) is 0.667. The lowest BCUT2D eigenvalue weighted by Crippen LogP contribution is -2.43. The highest BCUT2D eigenvalue weighted by atomic mass is 79.9. The molecule has 0 amide bonds. The Morgan fingerprint density at radius 2 is 1.89 bits per heavy atom. The molecule has 0 fully saturated rings. The van der Waals surface area contributed by atoms with Crippen LogP contribution in [0.2, 0.25) is 0 Å². The van der Waals surface area contributed by atoms with Crippen molar-refractivity contribution in [1.29, 1.82) is 0 Å². The third-order valence-electron chi connectivity index (χ3n) is 3.30. The molecule has 0 saturated carbocycles. The van der Waals surface area contributed by atoms with Gasteiger partial charge in [-0.1, -0.05) is 13.8 Å². The van der Waals surface area contributed by atoms with Crippen molar-refractivity contribution in [2.75, 3.05) is 6.54 Å². The molecule has 0 bridgehead atoms. The van der Waals surface area contributed by atoms with Gasteiger partial charge in [-0.05, 0) is 67.1 Å².